The van der Waals surface area contributed by atoms with Crippen molar-refractivity contribution in [1.82, 2.24) is 10.2 Å². The van der Waals surface area contributed by atoms with Crippen LogP contribution in [0.1, 0.15) is 16.7 Å². The minimum absolute atomic E-state index is 0.0311. The summed E-state index contributed by atoms with van der Waals surface area (Å²) in [7, 11) is -3.19. The molecule has 0 aromatic heterocycles. The van der Waals surface area contributed by atoms with E-state index >= 15 is 0 Å². The summed E-state index contributed by atoms with van der Waals surface area (Å²) in [5, 5.41) is 2.94. The van der Waals surface area contributed by atoms with Crippen molar-refractivity contribution in [2.24, 2.45) is 0 Å². The number of anilines is 1. The molecule has 7 nitrogen and oxygen atoms in total. The third kappa shape index (κ3) is 8.16. The number of nitrogens with zero attached hydrogens (tertiary/aromatic N) is 2. The van der Waals surface area contributed by atoms with Crippen LogP contribution in [0, 0.1) is 0 Å². The zero-order chi connectivity index (χ0) is 32.8. The number of benzene rings is 4. The van der Waals surface area contributed by atoms with E-state index in [0.717, 1.165) is 17.0 Å². The molecule has 4 aromatic carbocycles. The maximum Gasteiger partial charge on any atom is 0.416 e. The van der Waals surface area contributed by atoms with E-state index in [1.165, 1.54) is 37.4 Å². The summed E-state index contributed by atoms with van der Waals surface area (Å²) in [6, 6.07) is 23.0. The van der Waals surface area contributed by atoms with E-state index in [0.29, 0.717) is 21.5 Å². The van der Waals surface area contributed by atoms with Crippen molar-refractivity contribution in [1.29, 1.82) is 0 Å². The van der Waals surface area contributed by atoms with Gasteiger partial charge in [-0.2, -0.15) is 13.2 Å². The zero-order valence-electron chi connectivity index (χ0n) is 23.8. The molecule has 0 aliphatic carbocycles. The molecule has 0 heterocycles. The van der Waals surface area contributed by atoms with Gasteiger partial charge in [-0.1, -0.05) is 83.9 Å². The molecule has 0 fully saturated rings. The standard InChI is InChI=1S/C32H28Cl2F3N3O4S/c1-38-31(42)29(18-22-10-4-2-5-11-22)39(20-26-27(33)16-9-17-28(26)34)30(41)21-40(45(43,44)25-14-6-3-7-15-25)24-13-8-12-23(19-24)32(35,36)37/h2-17,19,29H,18,20-21H2,1H3,(H,38,42)/t29-/m0/s1. The SMILES string of the molecule is CNC(=O)[C@H](Cc1ccccc1)N(Cc1c(Cl)cccc1Cl)C(=O)CN(c1cccc(C(F)(F)F)c1)S(=O)(=O)c1ccccc1. The highest BCUT2D eigenvalue weighted by molar-refractivity contribution is 7.92. The molecule has 0 unspecified atom stereocenters. The molecular weight excluding hydrogens is 650 g/mol. The Kier molecular flexibility index (Phi) is 10.8. The number of hydrogen-bond acceptors (Lipinski definition) is 4. The van der Waals surface area contributed by atoms with Crippen LogP contribution in [0.3, 0.4) is 0 Å². The first-order chi connectivity index (χ1) is 21.3. The Morgan fingerprint density at radius 1 is 0.844 bits per heavy atom. The lowest BCUT2D eigenvalue weighted by Crippen LogP contribution is -2.53. The van der Waals surface area contributed by atoms with Gasteiger partial charge < -0.3 is 10.2 Å². The molecule has 13 heteroatoms. The first-order valence-electron chi connectivity index (χ1n) is 13.6. The number of carbonyl (C=O) groups is 2. The fourth-order valence-corrected chi connectivity index (χ4v) is 6.60. The Hall–Kier alpha value is -4.06. The highest BCUT2D eigenvalue weighted by Crippen LogP contribution is 2.34. The number of amides is 2. The van der Waals surface area contributed by atoms with E-state index in [-0.39, 0.29) is 27.9 Å². The lowest BCUT2D eigenvalue weighted by Gasteiger charge is -2.34. The van der Waals surface area contributed by atoms with Gasteiger partial charge in [0, 0.05) is 35.6 Å². The van der Waals surface area contributed by atoms with Crippen LogP contribution in [0.5, 0.6) is 0 Å². The lowest BCUT2D eigenvalue weighted by atomic mass is 10.0. The number of rotatable bonds is 11. The van der Waals surface area contributed by atoms with Gasteiger partial charge in [-0.25, -0.2) is 8.42 Å². The van der Waals surface area contributed by atoms with Crippen LogP contribution in [0.2, 0.25) is 10.0 Å². The first kappa shape index (κ1) is 33.8. The largest absolute Gasteiger partial charge is 0.416 e. The fourth-order valence-electron chi connectivity index (χ4n) is 4.66. The Morgan fingerprint density at radius 2 is 1.42 bits per heavy atom. The summed E-state index contributed by atoms with van der Waals surface area (Å²) in [6.45, 7) is -1.24. The number of carbonyl (C=O) groups excluding carboxylic acids is 2. The highest BCUT2D eigenvalue weighted by atomic mass is 35.5. The third-order valence-corrected chi connectivity index (χ3v) is 9.48. The second-order valence-electron chi connectivity index (χ2n) is 9.91. The van der Waals surface area contributed by atoms with Gasteiger partial charge in [0.2, 0.25) is 11.8 Å². The van der Waals surface area contributed by atoms with Crippen LogP contribution in [0.25, 0.3) is 0 Å². The summed E-state index contributed by atoms with van der Waals surface area (Å²) in [5.74, 6) is -1.45. The Labute approximate surface area is 269 Å². The van der Waals surface area contributed by atoms with Gasteiger partial charge in [0.25, 0.3) is 10.0 Å². The van der Waals surface area contributed by atoms with Gasteiger partial charge in [-0.3, -0.25) is 13.9 Å². The Bertz CT molecular complexity index is 1740. The topological polar surface area (TPSA) is 86.8 Å². The van der Waals surface area contributed by atoms with Gasteiger partial charge in [0.1, 0.15) is 12.6 Å². The highest BCUT2D eigenvalue weighted by Gasteiger charge is 2.36. The Balaban J connectivity index is 1.85. The minimum Gasteiger partial charge on any atom is -0.357 e. The van der Waals surface area contributed by atoms with Gasteiger partial charge in [0.15, 0.2) is 0 Å². The van der Waals surface area contributed by atoms with Crippen molar-refractivity contribution in [2.75, 3.05) is 17.9 Å². The lowest BCUT2D eigenvalue weighted by molar-refractivity contribution is -0.139. The van der Waals surface area contributed by atoms with Crippen LogP contribution >= 0.6 is 23.2 Å². The number of alkyl halides is 3. The Morgan fingerprint density at radius 3 is 2.00 bits per heavy atom. The average molecular weight is 679 g/mol. The molecule has 4 rings (SSSR count). The van der Waals surface area contributed by atoms with E-state index in [1.807, 2.05) is 0 Å². The van der Waals surface area contributed by atoms with Gasteiger partial charge in [-0.15, -0.1) is 0 Å². The van der Waals surface area contributed by atoms with E-state index in [4.69, 9.17) is 23.2 Å². The summed E-state index contributed by atoms with van der Waals surface area (Å²) in [4.78, 5) is 28.5. The quantitative estimate of drug-likeness (QED) is 0.194. The summed E-state index contributed by atoms with van der Waals surface area (Å²) in [5.41, 5.74) is -0.501. The van der Waals surface area contributed by atoms with Crippen molar-refractivity contribution >= 4 is 50.7 Å². The smallest absolute Gasteiger partial charge is 0.357 e. The molecule has 0 radical (unpaired) electrons. The minimum atomic E-state index is -4.78. The van der Waals surface area contributed by atoms with Gasteiger partial charge >= 0.3 is 6.18 Å². The average Bonchev–Trinajstić information content (AvgIpc) is 3.02. The molecule has 45 heavy (non-hydrogen) atoms. The molecule has 0 aliphatic heterocycles. The first-order valence-corrected chi connectivity index (χ1v) is 15.8. The predicted octanol–water partition coefficient (Wildman–Crippen LogP) is 6.59. The van der Waals surface area contributed by atoms with Crippen molar-refractivity contribution in [3.8, 4) is 0 Å². The van der Waals surface area contributed by atoms with E-state index in [2.05, 4.69) is 5.32 Å². The predicted molar refractivity (Wildman–Crippen MR) is 167 cm³/mol. The number of sulfonamides is 1. The van der Waals surface area contributed by atoms with Crippen LogP contribution in [0.4, 0.5) is 18.9 Å². The normalized spacial score (nSPS) is 12.3. The number of hydrogen-bond donors (Lipinski definition) is 1. The van der Waals surface area contributed by atoms with Crippen LogP contribution in [-0.4, -0.2) is 44.8 Å². The zero-order valence-corrected chi connectivity index (χ0v) is 26.2. The van der Waals surface area contributed by atoms with Gasteiger partial charge in [0.05, 0.1) is 16.1 Å². The van der Waals surface area contributed by atoms with Gasteiger partial charge in [-0.05, 0) is 48.0 Å². The molecule has 0 aliphatic rings. The van der Waals surface area contributed by atoms with Crippen molar-refractivity contribution < 1.29 is 31.2 Å². The number of nitrogens with one attached hydrogen (secondary N) is 1. The molecule has 4 aromatic rings. The van der Waals surface area contributed by atoms with Crippen LogP contribution < -0.4 is 9.62 Å². The second-order valence-corrected chi connectivity index (χ2v) is 12.6. The molecule has 1 atom stereocenters. The van der Waals surface area contributed by atoms with Crippen molar-refractivity contribution in [2.45, 2.75) is 30.1 Å². The molecule has 0 saturated heterocycles. The maximum atomic E-state index is 14.3. The van der Waals surface area contributed by atoms with E-state index in [9.17, 15) is 31.2 Å². The molecule has 0 saturated carbocycles. The molecule has 1 N–H and O–H groups in total. The maximum absolute atomic E-state index is 14.3. The fraction of sp³-hybridized carbons (Fsp3) is 0.188. The monoisotopic (exact) mass is 677 g/mol. The number of likely N-dealkylation sites (N-methyl/N-ethyl adjacent to an activating group) is 1. The summed E-state index contributed by atoms with van der Waals surface area (Å²) in [6.07, 6.45) is -4.75. The molecule has 0 spiro atoms. The molecular formula is C32H28Cl2F3N3O4S. The molecule has 2 amide bonds. The van der Waals surface area contributed by atoms with Crippen LogP contribution in [0.15, 0.2) is 108 Å². The third-order valence-electron chi connectivity index (χ3n) is 6.98. The molecule has 236 valence electrons. The second kappa shape index (κ2) is 14.4. The van der Waals surface area contributed by atoms with E-state index in [1.54, 1.807) is 54.6 Å². The van der Waals surface area contributed by atoms with Crippen LogP contribution in [-0.2, 0) is 38.8 Å². The van der Waals surface area contributed by atoms with Crippen molar-refractivity contribution in [3.05, 3.63) is 130 Å². The molecule has 0 bridgehead atoms. The summed E-state index contributed by atoms with van der Waals surface area (Å²) < 4.78 is 69.5. The van der Waals surface area contributed by atoms with Crippen molar-refractivity contribution in [3.63, 3.8) is 0 Å². The number of halogens is 5. The summed E-state index contributed by atoms with van der Waals surface area (Å²) >= 11 is 12.9. The van der Waals surface area contributed by atoms with E-state index < -0.39 is 51.9 Å².